The zero-order chi connectivity index (χ0) is 20.1. The first-order chi connectivity index (χ1) is 13.9. The zero-order valence-corrected chi connectivity index (χ0v) is 18.6. The molecule has 1 aromatic rings. The standard InChI is InChI=1S/C27H45N/c1-3-5-6-7-8-9-10-11-12-13-14-15-16-17-18-22-25-28(4-2)26-27-23-20-19-21-24-27/h4,11-12,19-21,23-24H,2-3,5-10,13-18,22,25-26H2,1H3/b12-11-. The van der Waals surface area contributed by atoms with Crippen molar-refractivity contribution in [3.8, 4) is 0 Å². The lowest BCUT2D eigenvalue weighted by atomic mass is 10.1. The van der Waals surface area contributed by atoms with Crippen molar-refractivity contribution < 1.29 is 0 Å². The van der Waals surface area contributed by atoms with Crippen molar-refractivity contribution in [2.45, 2.75) is 103 Å². The Bertz CT molecular complexity index is 476. The van der Waals surface area contributed by atoms with Gasteiger partial charge in [-0.25, -0.2) is 0 Å². The monoisotopic (exact) mass is 383 g/mol. The molecule has 1 aromatic carbocycles. The van der Waals surface area contributed by atoms with Gasteiger partial charge in [0.15, 0.2) is 0 Å². The predicted molar refractivity (Wildman–Crippen MR) is 127 cm³/mol. The van der Waals surface area contributed by atoms with Gasteiger partial charge in [-0.05, 0) is 43.9 Å². The van der Waals surface area contributed by atoms with E-state index in [0.717, 1.165) is 13.1 Å². The van der Waals surface area contributed by atoms with E-state index in [-0.39, 0.29) is 0 Å². The molecule has 0 saturated heterocycles. The Morgan fingerprint density at radius 2 is 1.25 bits per heavy atom. The summed E-state index contributed by atoms with van der Waals surface area (Å²) in [5.41, 5.74) is 1.37. The van der Waals surface area contributed by atoms with E-state index >= 15 is 0 Å². The van der Waals surface area contributed by atoms with Crippen LogP contribution < -0.4 is 0 Å². The first-order valence-electron chi connectivity index (χ1n) is 11.9. The molecule has 0 aliphatic heterocycles. The maximum atomic E-state index is 3.97. The summed E-state index contributed by atoms with van der Waals surface area (Å²) in [7, 11) is 0. The largest absolute Gasteiger partial charge is 0.374 e. The number of hydrogen-bond acceptors (Lipinski definition) is 1. The highest BCUT2D eigenvalue weighted by Crippen LogP contribution is 2.11. The van der Waals surface area contributed by atoms with E-state index in [0.29, 0.717) is 0 Å². The van der Waals surface area contributed by atoms with E-state index in [1.807, 2.05) is 6.20 Å². The lowest BCUT2D eigenvalue weighted by molar-refractivity contribution is 0.356. The van der Waals surface area contributed by atoms with Gasteiger partial charge in [0.05, 0.1) is 0 Å². The van der Waals surface area contributed by atoms with Gasteiger partial charge in [-0.3, -0.25) is 0 Å². The summed E-state index contributed by atoms with van der Waals surface area (Å²) in [4.78, 5) is 2.34. The van der Waals surface area contributed by atoms with Crippen molar-refractivity contribution in [3.05, 3.63) is 60.8 Å². The number of benzene rings is 1. The van der Waals surface area contributed by atoms with E-state index in [1.165, 1.54) is 95.5 Å². The summed E-state index contributed by atoms with van der Waals surface area (Å²) >= 11 is 0. The molecule has 0 aliphatic carbocycles. The van der Waals surface area contributed by atoms with Gasteiger partial charge in [-0.15, -0.1) is 0 Å². The van der Waals surface area contributed by atoms with Crippen LogP contribution in [0.25, 0.3) is 0 Å². The lowest BCUT2D eigenvalue weighted by Gasteiger charge is -2.20. The second-order valence-electron chi connectivity index (χ2n) is 8.08. The Morgan fingerprint density at radius 3 is 1.82 bits per heavy atom. The van der Waals surface area contributed by atoms with Crippen LogP contribution in [-0.2, 0) is 6.54 Å². The smallest absolute Gasteiger partial charge is 0.0423 e. The van der Waals surface area contributed by atoms with E-state index in [4.69, 9.17) is 0 Å². The third-order valence-corrected chi connectivity index (χ3v) is 5.44. The van der Waals surface area contributed by atoms with Gasteiger partial charge in [0.2, 0.25) is 0 Å². The van der Waals surface area contributed by atoms with Crippen LogP contribution in [0.15, 0.2) is 55.3 Å². The van der Waals surface area contributed by atoms with Crippen molar-refractivity contribution >= 4 is 0 Å². The van der Waals surface area contributed by atoms with Gasteiger partial charge in [0, 0.05) is 13.1 Å². The topological polar surface area (TPSA) is 3.24 Å². The second kappa shape index (κ2) is 18.8. The molecule has 1 rings (SSSR count). The summed E-state index contributed by atoms with van der Waals surface area (Å²) in [6, 6.07) is 10.7. The van der Waals surface area contributed by atoms with E-state index in [2.05, 4.69) is 60.9 Å². The fraction of sp³-hybridized carbons (Fsp3) is 0.630. The predicted octanol–water partition coefficient (Wildman–Crippen LogP) is 8.67. The highest BCUT2D eigenvalue weighted by Gasteiger charge is 2.00. The molecule has 0 bridgehead atoms. The molecule has 0 radical (unpaired) electrons. The van der Waals surface area contributed by atoms with Crippen LogP contribution in [0.5, 0.6) is 0 Å². The normalized spacial score (nSPS) is 11.2. The molecule has 28 heavy (non-hydrogen) atoms. The molecule has 0 aromatic heterocycles. The number of rotatable bonds is 19. The van der Waals surface area contributed by atoms with Gasteiger partial charge in [-0.2, -0.15) is 0 Å². The van der Waals surface area contributed by atoms with Crippen molar-refractivity contribution in [1.82, 2.24) is 4.90 Å². The first kappa shape index (κ1) is 24.5. The fourth-order valence-electron chi connectivity index (χ4n) is 3.62. The van der Waals surface area contributed by atoms with Crippen LogP contribution in [0.1, 0.15) is 102 Å². The highest BCUT2D eigenvalue weighted by atomic mass is 15.1. The van der Waals surface area contributed by atoms with Crippen LogP contribution in [0.4, 0.5) is 0 Å². The minimum Gasteiger partial charge on any atom is -0.374 e. The SMILES string of the molecule is C=CN(CCCCCCCC/C=C\CCCCCCCC)Cc1ccccc1. The number of hydrogen-bond donors (Lipinski definition) is 0. The van der Waals surface area contributed by atoms with Crippen molar-refractivity contribution in [2.75, 3.05) is 6.54 Å². The summed E-state index contributed by atoms with van der Waals surface area (Å²) in [6.07, 6.45) is 25.9. The second-order valence-corrected chi connectivity index (χ2v) is 8.08. The average molecular weight is 384 g/mol. The molecular formula is C27H45N. The number of unbranched alkanes of at least 4 members (excludes halogenated alkanes) is 12. The summed E-state index contributed by atoms with van der Waals surface area (Å²) in [5.74, 6) is 0. The Kier molecular flexibility index (Phi) is 16.5. The Morgan fingerprint density at radius 1 is 0.714 bits per heavy atom. The molecule has 0 aliphatic rings. The molecule has 0 N–H and O–H groups in total. The third kappa shape index (κ3) is 14.5. The average Bonchev–Trinajstić information content (AvgIpc) is 2.73. The minimum atomic E-state index is 0.982. The minimum absolute atomic E-state index is 0.982. The van der Waals surface area contributed by atoms with Crippen molar-refractivity contribution in [1.29, 1.82) is 0 Å². The van der Waals surface area contributed by atoms with E-state index < -0.39 is 0 Å². The first-order valence-corrected chi connectivity index (χ1v) is 11.9. The Hall–Kier alpha value is -1.50. The third-order valence-electron chi connectivity index (χ3n) is 5.44. The maximum absolute atomic E-state index is 3.97. The molecule has 0 fully saturated rings. The quantitative estimate of drug-likeness (QED) is 0.170. The summed E-state index contributed by atoms with van der Waals surface area (Å²) in [5, 5.41) is 0. The van der Waals surface area contributed by atoms with Crippen LogP contribution in [0.3, 0.4) is 0 Å². The molecule has 0 saturated carbocycles. The number of nitrogens with zero attached hydrogens (tertiary/aromatic N) is 1. The van der Waals surface area contributed by atoms with Gasteiger partial charge < -0.3 is 4.90 Å². The zero-order valence-electron chi connectivity index (χ0n) is 18.6. The Balaban J connectivity index is 1.87. The molecule has 0 amide bonds. The molecule has 0 atom stereocenters. The van der Waals surface area contributed by atoms with Gasteiger partial charge in [0.25, 0.3) is 0 Å². The molecule has 0 heterocycles. The van der Waals surface area contributed by atoms with E-state index in [9.17, 15) is 0 Å². The van der Waals surface area contributed by atoms with Crippen LogP contribution in [0, 0.1) is 0 Å². The summed E-state index contributed by atoms with van der Waals surface area (Å²) in [6.45, 7) is 8.36. The fourth-order valence-corrected chi connectivity index (χ4v) is 3.62. The van der Waals surface area contributed by atoms with E-state index in [1.54, 1.807) is 0 Å². The molecule has 158 valence electrons. The molecule has 0 unspecified atom stereocenters. The van der Waals surface area contributed by atoms with Gasteiger partial charge >= 0.3 is 0 Å². The highest BCUT2D eigenvalue weighted by molar-refractivity contribution is 5.14. The van der Waals surface area contributed by atoms with Crippen LogP contribution >= 0.6 is 0 Å². The molecule has 1 heteroatoms. The number of allylic oxidation sites excluding steroid dienone is 2. The van der Waals surface area contributed by atoms with Crippen molar-refractivity contribution in [2.24, 2.45) is 0 Å². The maximum Gasteiger partial charge on any atom is 0.0423 e. The molecular weight excluding hydrogens is 338 g/mol. The molecule has 1 nitrogen and oxygen atoms in total. The van der Waals surface area contributed by atoms with Crippen LogP contribution in [-0.4, -0.2) is 11.4 Å². The lowest BCUT2D eigenvalue weighted by Crippen LogP contribution is -2.17. The van der Waals surface area contributed by atoms with Crippen molar-refractivity contribution in [3.63, 3.8) is 0 Å². The van der Waals surface area contributed by atoms with Gasteiger partial charge in [-0.1, -0.05) is 114 Å². The Labute approximate surface area is 175 Å². The summed E-state index contributed by atoms with van der Waals surface area (Å²) < 4.78 is 0. The van der Waals surface area contributed by atoms with Gasteiger partial charge in [0.1, 0.15) is 0 Å². The molecule has 0 spiro atoms. The van der Waals surface area contributed by atoms with Crippen LogP contribution in [0.2, 0.25) is 0 Å².